The number of benzene rings is 2. The molecule has 0 spiro atoms. The van der Waals surface area contributed by atoms with Crippen LogP contribution in [0.1, 0.15) is 17.2 Å². The molecule has 0 aliphatic carbocycles. The van der Waals surface area contributed by atoms with Gasteiger partial charge in [-0.25, -0.2) is 0 Å². The normalized spacial score (nSPS) is 13.0. The number of rotatable bonds is 4. The van der Waals surface area contributed by atoms with Gasteiger partial charge in [0, 0.05) is 6.08 Å². The van der Waals surface area contributed by atoms with Crippen LogP contribution in [0.4, 0.5) is 13.2 Å². The predicted molar refractivity (Wildman–Crippen MR) is 78.9 cm³/mol. The Balaban J connectivity index is 2.11. The monoisotopic (exact) mass is 305 g/mol. The largest absolute Gasteiger partial charge is 0.412 e. The molecule has 1 amide bonds. The molecule has 0 saturated carbocycles. The van der Waals surface area contributed by atoms with E-state index in [4.69, 9.17) is 0 Å². The second-order valence-electron chi connectivity index (χ2n) is 4.64. The van der Waals surface area contributed by atoms with Gasteiger partial charge in [-0.3, -0.25) is 4.79 Å². The highest BCUT2D eigenvalue weighted by Gasteiger charge is 2.41. The summed E-state index contributed by atoms with van der Waals surface area (Å²) in [6.07, 6.45) is -2.00. The van der Waals surface area contributed by atoms with Crippen LogP contribution in [0.25, 0.3) is 6.08 Å². The highest BCUT2D eigenvalue weighted by atomic mass is 19.4. The van der Waals surface area contributed by atoms with Gasteiger partial charge < -0.3 is 5.32 Å². The van der Waals surface area contributed by atoms with Gasteiger partial charge in [0.25, 0.3) is 0 Å². The van der Waals surface area contributed by atoms with Crippen LogP contribution in [-0.2, 0) is 4.79 Å². The van der Waals surface area contributed by atoms with Gasteiger partial charge in [-0.2, -0.15) is 13.2 Å². The molecule has 0 bridgehead atoms. The van der Waals surface area contributed by atoms with Crippen molar-refractivity contribution in [2.24, 2.45) is 0 Å². The van der Waals surface area contributed by atoms with Crippen molar-refractivity contribution >= 4 is 12.0 Å². The SMILES string of the molecule is O=C(/C=C/c1ccccc1)NC(c1ccccc1)C(F)(F)F. The average Bonchev–Trinajstić information content (AvgIpc) is 2.51. The fourth-order valence-corrected chi connectivity index (χ4v) is 1.93. The van der Waals surface area contributed by atoms with Crippen LogP contribution in [0.3, 0.4) is 0 Å². The van der Waals surface area contributed by atoms with Crippen molar-refractivity contribution < 1.29 is 18.0 Å². The Labute approximate surface area is 126 Å². The number of carbonyl (C=O) groups is 1. The second-order valence-corrected chi connectivity index (χ2v) is 4.64. The van der Waals surface area contributed by atoms with Gasteiger partial charge in [0.2, 0.25) is 5.91 Å². The van der Waals surface area contributed by atoms with E-state index in [0.29, 0.717) is 0 Å². The number of carbonyl (C=O) groups excluding carboxylic acids is 1. The third-order valence-corrected chi connectivity index (χ3v) is 2.97. The summed E-state index contributed by atoms with van der Waals surface area (Å²) in [5.74, 6) is -0.796. The first-order chi connectivity index (χ1) is 10.5. The zero-order valence-corrected chi connectivity index (χ0v) is 11.5. The molecule has 22 heavy (non-hydrogen) atoms. The van der Waals surface area contributed by atoms with Gasteiger partial charge in [0.15, 0.2) is 6.04 Å². The Morgan fingerprint density at radius 1 is 0.955 bits per heavy atom. The summed E-state index contributed by atoms with van der Waals surface area (Å²) in [6.45, 7) is 0. The first-order valence-corrected chi connectivity index (χ1v) is 6.62. The third-order valence-electron chi connectivity index (χ3n) is 2.97. The van der Waals surface area contributed by atoms with Crippen LogP contribution in [0.15, 0.2) is 66.7 Å². The molecule has 2 nitrogen and oxygen atoms in total. The molecule has 0 heterocycles. The zero-order chi connectivity index (χ0) is 16.0. The maximum atomic E-state index is 13.1. The number of alkyl halides is 3. The van der Waals surface area contributed by atoms with Gasteiger partial charge in [0.1, 0.15) is 0 Å². The number of amides is 1. The molecule has 0 radical (unpaired) electrons. The molecule has 2 aromatic rings. The van der Waals surface area contributed by atoms with Crippen molar-refractivity contribution in [1.82, 2.24) is 5.32 Å². The molecule has 0 aliphatic heterocycles. The van der Waals surface area contributed by atoms with Gasteiger partial charge in [0.05, 0.1) is 0 Å². The fourth-order valence-electron chi connectivity index (χ4n) is 1.93. The molecule has 114 valence electrons. The van der Waals surface area contributed by atoms with Gasteiger partial charge in [-0.1, -0.05) is 60.7 Å². The Morgan fingerprint density at radius 3 is 2.05 bits per heavy atom. The van der Waals surface area contributed by atoms with E-state index in [1.165, 1.54) is 30.3 Å². The van der Waals surface area contributed by atoms with Crippen molar-refractivity contribution in [3.63, 3.8) is 0 Å². The lowest BCUT2D eigenvalue weighted by atomic mass is 10.1. The zero-order valence-electron chi connectivity index (χ0n) is 11.5. The van der Waals surface area contributed by atoms with Crippen molar-refractivity contribution in [1.29, 1.82) is 0 Å². The second kappa shape index (κ2) is 6.93. The summed E-state index contributed by atoms with van der Waals surface area (Å²) < 4.78 is 39.3. The molecule has 0 aromatic heterocycles. The average molecular weight is 305 g/mol. The summed E-state index contributed by atoms with van der Waals surface area (Å²) in [7, 11) is 0. The molecule has 0 saturated heterocycles. The third kappa shape index (κ3) is 4.48. The highest BCUT2D eigenvalue weighted by molar-refractivity contribution is 5.92. The van der Waals surface area contributed by atoms with E-state index in [9.17, 15) is 18.0 Å². The Bertz CT molecular complexity index is 636. The summed E-state index contributed by atoms with van der Waals surface area (Å²) in [5, 5.41) is 1.99. The minimum Gasteiger partial charge on any atom is -0.337 e. The first kappa shape index (κ1) is 15.8. The minimum atomic E-state index is -4.56. The highest BCUT2D eigenvalue weighted by Crippen LogP contribution is 2.32. The van der Waals surface area contributed by atoms with Crippen LogP contribution in [0.5, 0.6) is 0 Å². The maximum absolute atomic E-state index is 13.1. The summed E-state index contributed by atoms with van der Waals surface area (Å²) in [6, 6.07) is 14.1. The van der Waals surface area contributed by atoms with Crippen LogP contribution in [0, 0.1) is 0 Å². The summed E-state index contributed by atoms with van der Waals surface area (Å²) >= 11 is 0. The van der Waals surface area contributed by atoms with Crippen molar-refractivity contribution in [3.8, 4) is 0 Å². The Kier molecular flexibility index (Phi) is 4.99. The van der Waals surface area contributed by atoms with Crippen LogP contribution < -0.4 is 5.32 Å². The van der Waals surface area contributed by atoms with E-state index >= 15 is 0 Å². The lowest BCUT2D eigenvalue weighted by Crippen LogP contribution is -2.37. The maximum Gasteiger partial charge on any atom is 0.412 e. The molecule has 1 unspecified atom stereocenters. The van der Waals surface area contributed by atoms with E-state index in [0.717, 1.165) is 11.6 Å². The van der Waals surface area contributed by atoms with E-state index in [2.05, 4.69) is 0 Å². The van der Waals surface area contributed by atoms with E-state index in [1.807, 2.05) is 11.4 Å². The predicted octanol–water partition coefficient (Wildman–Crippen LogP) is 4.12. The molecule has 0 aliphatic rings. The molecule has 2 aromatic carbocycles. The van der Waals surface area contributed by atoms with Gasteiger partial charge >= 0.3 is 6.18 Å². The van der Waals surface area contributed by atoms with Crippen molar-refractivity contribution in [2.45, 2.75) is 12.2 Å². The standard InChI is InChI=1S/C17H14F3NO/c18-17(19,20)16(14-9-5-2-6-10-14)21-15(22)12-11-13-7-3-1-4-8-13/h1-12,16H,(H,21,22)/b12-11+. The first-order valence-electron chi connectivity index (χ1n) is 6.62. The van der Waals surface area contributed by atoms with Crippen molar-refractivity contribution in [3.05, 3.63) is 77.9 Å². The number of halogens is 3. The van der Waals surface area contributed by atoms with Crippen LogP contribution in [-0.4, -0.2) is 12.1 Å². The molecular formula is C17H14F3NO. The van der Waals surface area contributed by atoms with Crippen molar-refractivity contribution in [2.75, 3.05) is 0 Å². The minimum absolute atomic E-state index is 0.00328. The van der Waals surface area contributed by atoms with Gasteiger partial charge in [-0.05, 0) is 17.2 Å². The molecule has 0 fully saturated rings. The quantitative estimate of drug-likeness (QED) is 0.846. The van der Waals surface area contributed by atoms with Crippen LogP contribution in [0.2, 0.25) is 0 Å². The van der Waals surface area contributed by atoms with Crippen LogP contribution >= 0.6 is 0 Å². The number of hydrogen-bond acceptors (Lipinski definition) is 1. The topological polar surface area (TPSA) is 29.1 Å². The summed E-state index contributed by atoms with van der Waals surface area (Å²) in [4.78, 5) is 11.7. The molecule has 1 N–H and O–H groups in total. The molecule has 1 atom stereocenters. The summed E-state index contributed by atoms with van der Waals surface area (Å²) in [5.41, 5.74) is 0.734. The molecular weight excluding hydrogens is 291 g/mol. The lowest BCUT2D eigenvalue weighted by Gasteiger charge is -2.21. The molecule has 5 heteroatoms. The number of hydrogen-bond donors (Lipinski definition) is 1. The van der Waals surface area contributed by atoms with E-state index in [1.54, 1.807) is 30.3 Å². The Hall–Kier alpha value is -2.56. The molecule has 2 rings (SSSR count). The number of nitrogens with one attached hydrogen (secondary N) is 1. The van der Waals surface area contributed by atoms with E-state index < -0.39 is 18.1 Å². The van der Waals surface area contributed by atoms with E-state index in [-0.39, 0.29) is 5.56 Å². The fraction of sp³-hybridized carbons (Fsp3) is 0.118. The lowest BCUT2D eigenvalue weighted by molar-refractivity contribution is -0.162. The smallest absolute Gasteiger partial charge is 0.337 e. The Morgan fingerprint density at radius 2 is 1.50 bits per heavy atom. The van der Waals surface area contributed by atoms with Gasteiger partial charge in [-0.15, -0.1) is 0 Å².